The van der Waals surface area contributed by atoms with Crippen LogP contribution in [-0.2, 0) is 12.6 Å². The van der Waals surface area contributed by atoms with Crippen molar-refractivity contribution in [1.82, 2.24) is 14.6 Å². The number of urea groups is 1. The Balaban J connectivity index is 1.54. The van der Waals surface area contributed by atoms with Gasteiger partial charge in [0.1, 0.15) is 11.8 Å². The van der Waals surface area contributed by atoms with E-state index in [0.717, 1.165) is 35.2 Å². The minimum atomic E-state index is -4.63. The first-order valence-electron chi connectivity index (χ1n) is 9.83. The molecule has 4 rings (SSSR count). The second kappa shape index (κ2) is 8.62. The first-order valence-corrected chi connectivity index (χ1v) is 10.2. The molecule has 0 aliphatic heterocycles. The molecule has 2 amide bonds. The van der Waals surface area contributed by atoms with Crippen molar-refractivity contribution in [3.63, 3.8) is 0 Å². The number of carbonyl (C=O) groups excluding carboxylic acids is 1. The van der Waals surface area contributed by atoms with Crippen LogP contribution in [0.5, 0.6) is 0 Å². The van der Waals surface area contributed by atoms with Crippen molar-refractivity contribution in [2.45, 2.75) is 19.5 Å². The van der Waals surface area contributed by atoms with Crippen LogP contribution in [0.2, 0.25) is 5.02 Å². The molecule has 0 aliphatic carbocycles. The molecule has 170 valence electrons. The van der Waals surface area contributed by atoms with Gasteiger partial charge in [-0.3, -0.25) is 0 Å². The number of carbonyl (C=O) groups is 1. The first-order chi connectivity index (χ1) is 15.7. The zero-order valence-electron chi connectivity index (χ0n) is 17.2. The lowest BCUT2D eigenvalue weighted by molar-refractivity contribution is -0.137. The van der Waals surface area contributed by atoms with E-state index in [1.807, 2.05) is 13.1 Å². The second-order valence-corrected chi connectivity index (χ2v) is 7.58. The van der Waals surface area contributed by atoms with Crippen molar-refractivity contribution in [2.24, 2.45) is 0 Å². The smallest absolute Gasteiger partial charge is 0.382 e. The van der Waals surface area contributed by atoms with E-state index in [1.54, 1.807) is 28.8 Å². The van der Waals surface area contributed by atoms with Crippen LogP contribution in [-0.4, -0.2) is 20.6 Å². The van der Waals surface area contributed by atoms with Crippen LogP contribution in [0.3, 0.4) is 0 Å². The molecule has 0 spiro atoms. The lowest BCUT2D eigenvalue weighted by atomic mass is 10.0. The van der Waals surface area contributed by atoms with Gasteiger partial charge in [0.15, 0.2) is 5.82 Å². The van der Waals surface area contributed by atoms with Gasteiger partial charge in [-0.05, 0) is 47.9 Å². The van der Waals surface area contributed by atoms with Crippen molar-refractivity contribution in [3.8, 4) is 11.1 Å². The summed E-state index contributed by atoms with van der Waals surface area (Å²) in [5.41, 5.74) is 8.92. The third-order valence-corrected chi connectivity index (χ3v) is 5.35. The lowest BCUT2D eigenvalue weighted by Gasteiger charge is -2.12. The number of halogens is 4. The largest absolute Gasteiger partial charge is 0.417 e. The number of nitrogen functional groups attached to an aromatic ring is 1. The quantitative estimate of drug-likeness (QED) is 0.345. The molecule has 2 heterocycles. The standard InChI is InChI=1S/C22H18ClF3N6O/c1-2-12-10-32-19(20(27)28-11-29-32)18(12)13-3-5-14(6-4-13)30-21(33)31-15-7-8-17(23)16(9-15)22(24,25)26/h3-11H,2H2,1H3,(H2,27,28,29)(H2,30,31,33). The van der Waals surface area contributed by atoms with Crippen molar-refractivity contribution >= 4 is 40.3 Å². The van der Waals surface area contributed by atoms with Crippen LogP contribution in [0.4, 0.5) is 35.2 Å². The van der Waals surface area contributed by atoms with Gasteiger partial charge in [0.2, 0.25) is 0 Å². The number of hydrogen-bond acceptors (Lipinski definition) is 4. The van der Waals surface area contributed by atoms with Gasteiger partial charge in [0.05, 0.1) is 10.6 Å². The lowest BCUT2D eigenvalue weighted by Crippen LogP contribution is -2.19. The third kappa shape index (κ3) is 4.56. The minimum absolute atomic E-state index is 0.0378. The average molecular weight is 475 g/mol. The van der Waals surface area contributed by atoms with Crippen molar-refractivity contribution < 1.29 is 18.0 Å². The molecule has 0 radical (unpaired) electrons. The molecule has 2 aromatic carbocycles. The fourth-order valence-corrected chi connectivity index (χ4v) is 3.73. The van der Waals surface area contributed by atoms with Crippen LogP contribution in [0, 0.1) is 0 Å². The number of fused-ring (bicyclic) bond motifs is 1. The van der Waals surface area contributed by atoms with Gasteiger partial charge in [-0.15, -0.1) is 0 Å². The van der Waals surface area contributed by atoms with Gasteiger partial charge in [-0.25, -0.2) is 14.3 Å². The summed E-state index contributed by atoms with van der Waals surface area (Å²) < 4.78 is 40.7. The predicted octanol–water partition coefficient (Wildman–Crippen LogP) is 5.86. The Labute approximate surface area is 191 Å². The topological polar surface area (TPSA) is 97.3 Å². The van der Waals surface area contributed by atoms with Gasteiger partial charge in [0.25, 0.3) is 0 Å². The summed E-state index contributed by atoms with van der Waals surface area (Å²) in [5.74, 6) is 0.350. The van der Waals surface area contributed by atoms with Crippen molar-refractivity contribution in [1.29, 1.82) is 0 Å². The van der Waals surface area contributed by atoms with Crippen LogP contribution in [0.1, 0.15) is 18.1 Å². The third-order valence-electron chi connectivity index (χ3n) is 5.02. The number of aromatic nitrogens is 3. The molecule has 33 heavy (non-hydrogen) atoms. The Morgan fingerprint density at radius 3 is 2.45 bits per heavy atom. The molecule has 0 saturated carbocycles. The number of benzene rings is 2. The summed E-state index contributed by atoms with van der Waals surface area (Å²) in [6, 6.07) is 9.43. The van der Waals surface area contributed by atoms with Crippen LogP contribution >= 0.6 is 11.6 Å². The first kappa shape index (κ1) is 22.4. The average Bonchev–Trinajstić information content (AvgIpc) is 3.15. The van der Waals surface area contributed by atoms with Crippen LogP contribution in [0.25, 0.3) is 16.6 Å². The monoisotopic (exact) mass is 474 g/mol. The molecule has 0 unspecified atom stereocenters. The number of nitrogens with zero attached hydrogens (tertiary/aromatic N) is 3. The van der Waals surface area contributed by atoms with Gasteiger partial charge in [-0.1, -0.05) is 30.7 Å². The van der Waals surface area contributed by atoms with Crippen molar-refractivity contribution in [3.05, 3.63) is 71.1 Å². The maximum absolute atomic E-state index is 13.0. The molecule has 4 aromatic rings. The van der Waals surface area contributed by atoms with Crippen LogP contribution in [0.15, 0.2) is 55.0 Å². The van der Waals surface area contributed by atoms with Gasteiger partial charge in [0, 0.05) is 23.1 Å². The number of hydrogen-bond donors (Lipinski definition) is 3. The highest BCUT2D eigenvalue weighted by Crippen LogP contribution is 2.36. The molecule has 7 nitrogen and oxygen atoms in total. The molecule has 2 aromatic heterocycles. The van der Waals surface area contributed by atoms with Gasteiger partial charge >= 0.3 is 12.2 Å². The fourth-order valence-electron chi connectivity index (χ4n) is 3.51. The summed E-state index contributed by atoms with van der Waals surface area (Å²) in [4.78, 5) is 16.4. The molecule has 0 saturated heterocycles. The van der Waals surface area contributed by atoms with E-state index < -0.39 is 22.8 Å². The number of nitrogens with one attached hydrogen (secondary N) is 2. The highest BCUT2D eigenvalue weighted by atomic mass is 35.5. The highest BCUT2D eigenvalue weighted by Gasteiger charge is 2.33. The van der Waals surface area contributed by atoms with E-state index in [9.17, 15) is 18.0 Å². The molecule has 4 N–H and O–H groups in total. The Hall–Kier alpha value is -3.79. The number of aryl methyl sites for hydroxylation is 1. The number of alkyl halides is 3. The fraction of sp³-hybridized carbons (Fsp3) is 0.136. The summed E-state index contributed by atoms with van der Waals surface area (Å²) in [5, 5.41) is 8.73. The molecule has 0 atom stereocenters. The Morgan fingerprint density at radius 1 is 1.12 bits per heavy atom. The molecule has 0 fully saturated rings. The zero-order valence-corrected chi connectivity index (χ0v) is 18.0. The predicted molar refractivity (Wildman–Crippen MR) is 121 cm³/mol. The number of anilines is 3. The van der Waals surface area contributed by atoms with E-state index in [4.69, 9.17) is 17.3 Å². The molecular weight excluding hydrogens is 457 g/mol. The summed E-state index contributed by atoms with van der Waals surface area (Å²) >= 11 is 5.61. The summed E-state index contributed by atoms with van der Waals surface area (Å²) in [6.07, 6.45) is -0.600. The van der Waals surface area contributed by atoms with Gasteiger partial charge in [-0.2, -0.15) is 18.3 Å². The summed E-state index contributed by atoms with van der Waals surface area (Å²) in [7, 11) is 0. The van der Waals surface area contributed by atoms with E-state index in [-0.39, 0.29) is 5.69 Å². The van der Waals surface area contributed by atoms with E-state index in [2.05, 4.69) is 20.7 Å². The van der Waals surface area contributed by atoms with E-state index >= 15 is 0 Å². The normalized spacial score (nSPS) is 11.5. The Bertz CT molecular complexity index is 1330. The molecule has 11 heteroatoms. The zero-order chi connectivity index (χ0) is 23.8. The maximum atomic E-state index is 13.0. The van der Waals surface area contributed by atoms with E-state index in [0.29, 0.717) is 17.0 Å². The van der Waals surface area contributed by atoms with Crippen molar-refractivity contribution in [2.75, 3.05) is 16.4 Å². The molecular formula is C22H18ClF3N6O. The summed E-state index contributed by atoms with van der Waals surface area (Å²) in [6.45, 7) is 2.02. The molecule has 0 bridgehead atoms. The maximum Gasteiger partial charge on any atom is 0.417 e. The Morgan fingerprint density at radius 2 is 1.79 bits per heavy atom. The second-order valence-electron chi connectivity index (χ2n) is 7.17. The van der Waals surface area contributed by atoms with E-state index in [1.165, 1.54) is 12.4 Å². The number of rotatable bonds is 4. The minimum Gasteiger partial charge on any atom is -0.382 e. The Kier molecular flexibility index (Phi) is 5.86. The molecule has 0 aliphatic rings. The van der Waals surface area contributed by atoms with Gasteiger partial charge < -0.3 is 16.4 Å². The number of amides is 2. The SMILES string of the molecule is CCc1cn2ncnc(N)c2c1-c1ccc(NC(=O)Nc2ccc(Cl)c(C(F)(F)F)c2)cc1. The highest BCUT2D eigenvalue weighted by molar-refractivity contribution is 6.31. The number of nitrogens with two attached hydrogens (primary N) is 1. The van der Waals surface area contributed by atoms with Crippen LogP contribution < -0.4 is 16.4 Å².